The predicted octanol–water partition coefficient (Wildman–Crippen LogP) is 4.36. The Kier molecular flexibility index (Phi) is 4.62. The Hall–Kier alpha value is -1.42. The summed E-state index contributed by atoms with van der Waals surface area (Å²) in [5.74, 6) is 0.434. The van der Waals surface area contributed by atoms with E-state index in [0.29, 0.717) is 5.75 Å². The molecule has 22 heavy (non-hydrogen) atoms. The Morgan fingerprint density at radius 1 is 1.36 bits per heavy atom. The molecule has 1 aliphatic rings. The first-order valence-corrected chi connectivity index (χ1v) is 8.54. The minimum absolute atomic E-state index is 0.0583. The quantitative estimate of drug-likeness (QED) is 0.900. The fraction of sp³-hybridized carbons (Fsp3) is 0.500. The zero-order valence-corrected chi connectivity index (χ0v) is 14.9. The van der Waals surface area contributed by atoms with E-state index in [9.17, 15) is 9.90 Å². The number of aromatic hydroxyl groups is 1. The highest BCUT2D eigenvalue weighted by Crippen LogP contribution is 2.46. The Bertz CT molecular complexity index is 616. The number of rotatable bonds is 3. The first-order chi connectivity index (χ1) is 10.2. The average molecular weight is 319 g/mol. The molecule has 2 rings (SSSR count). The van der Waals surface area contributed by atoms with E-state index in [-0.39, 0.29) is 16.6 Å². The molecule has 0 aliphatic carbocycles. The van der Waals surface area contributed by atoms with Gasteiger partial charge in [0.05, 0.1) is 5.03 Å². The number of likely N-dealkylation sites (N-methyl/N-ethyl adjacent to an activating group) is 1. The molecule has 0 radical (unpaired) electrons. The fourth-order valence-corrected chi connectivity index (χ4v) is 3.73. The zero-order valence-electron chi connectivity index (χ0n) is 14.1. The highest BCUT2D eigenvalue weighted by molar-refractivity contribution is 8.04. The molecule has 1 aliphatic heterocycles. The molecule has 1 aromatic rings. The summed E-state index contributed by atoms with van der Waals surface area (Å²) >= 11 is 1.49. The van der Waals surface area contributed by atoms with Gasteiger partial charge in [-0.15, -0.1) is 0 Å². The number of benzene rings is 1. The number of nitrogens with zero attached hydrogens (tertiary/aromatic N) is 1. The number of thioether (sulfide) groups is 1. The smallest absolute Gasteiger partial charge is 0.245 e. The van der Waals surface area contributed by atoms with Crippen LogP contribution in [0.3, 0.4) is 0 Å². The number of phenols is 1. The summed E-state index contributed by atoms with van der Waals surface area (Å²) in [4.78, 5) is 14.0. The number of amides is 1. The van der Waals surface area contributed by atoms with Gasteiger partial charge in [0.15, 0.2) is 0 Å². The lowest BCUT2D eigenvalue weighted by atomic mass is 9.83. The van der Waals surface area contributed by atoms with Crippen LogP contribution in [0, 0.1) is 0 Å². The summed E-state index contributed by atoms with van der Waals surface area (Å²) in [7, 11) is 1.76. The molecule has 0 bridgehead atoms. The standard InChI is InChI=1S/C18H25NO2S/c1-7-8-12-9-13(10-14(15(12)20)18(3,4)5)16-17(21)19(6)11(2)22-16/h9-10,16,20H,2,7-8H2,1,3-6H3. The number of hydrogen-bond donors (Lipinski definition) is 1. The summed E-state index contributed by atoms with van der Waals surface area (Å²) < 4.78 is 0. The van der Waals surface area contributed by atoms with Crippen molar-refractivity contribution >= 4 is 17.7 Å². The fourth-order valence-electron chi connectivity index (χ4n) is 2.68. The minimum Gasteiger partial charge on any atom is -0.507 e. The molecule has 1 heterocycles. The maximum Gasteiger partial charge on any atom is 0.245 e. The second-order valence-electron chi connectivity index (χ2n) is 6.87. The van der Waals surface area contributed by atoms with Crippen LogP contribution in [0.2, 0.25) is 0 Å². The summed E-state index contributed by atoms with van der Waals surface area (Å²) in [5, 5.41) is 11.1. The Labute approximate surface area is 137 Å². The molecule has 1 N–H and O–H groups in total. The van der Waals surface area contributed by atoms with Crippen molar-refractivity contribution in [1.29, 1.82) is 0 Å². The number of carbonyl (C=O) groups is 1. The number of carbonyl (C=O) groups excluding carboxylic acids is 1. The maximum atomic E-state index is 12.4. The first-order valence-electron chi connectivity index (χ1n) is 7.66. The van der Waals surface area contributed by atoms with E-state index >= 15 is 0 Å². The van der Waals surface area contributed by atoms with Gasteiger partial charge in [-0.05, 0) is 34.6 Å². The van der Waals surface area contributed by atoms with Gasteiger partial charge in [0.2, 0.25) is 5.91 Å². The van der Waals surface area contributed by atoms with Crippen LogP contribution in [0.5, 0.6) is 5.75 Å². The van der Waals surface area contributed by atoms with Crippen molar-refractivity contribution in [3.63, 3.8) is 0 Å². The van der Waals surface area contributed by atoms with Crippen molar-refractivity contribution in [3.8, 4) is 5.75 Å². The Morgan fingerprint density at radius 3 is 2.45 bits per heavy atom. The van der Waals surface area contributed by atoms with Crippen molar-refractivity contribution < 1.29 is 9.90 Å². The van der Waals surface area contributed by atoms with Crippen molar-refractivity contribution in [1.82, 2.24) is 4.90 Å². The molecule has 1 atom stereocenters. The van der Waals surface area contributed by atoms with Gasteiger partial charge in [-0.25, -0.2) is 0 Å². The van der Waals surface area contributed by atoms with Gasteiger partial charge >= 0.3 is 0 Å². The van der Waals surface area contributed by atoms with E-state index < -0.39 is 0 Å². The van der Waals surface area contributed by atoms with Gasteiger partial charge in [-0.2, -0.15) is 0 Å². The number of hydrogen-bond acceptors (Lipinski definition) is 3. The average Bonchev–Trinajstić information content (AvgIpc) is 2.68. The molecule has 0 saturated carbocycles. The molecule has 0 spiro atoms. The molecule has 3 nitrogen and oxygen atoms in total. The van der Waals surface area contributed by atoms with E-state index in [1.54, 1.807) is 11.9 Å². The third kappa shape index (κ3) is 3.02. The van der Waals surface area contributed by atoms with E-state index in [1.165, 1.54) is 11.8 Å². The van der Waals surface area contributed by atoms with Gasteiger partial charge < -0.3 is 10.0 Å². The van der Waals surface area contributed by atoms with Crippen LogP contribution >= 0.6 is 11.8 Å². The van der Waals surface area contributed by atoms with Crippen LogP contribution in [-0.4, -0.2) is 23.0 Å². The minimum atomic E-state index is -0.255. The van der Waals surface area contributed by atoms with E-state index in [1.807, 2.05) is 12.1 Å². The van der Waals surface area contributed by atoms with E-state index in [0.717, 1.165) is 34.6 Å². The zero-order chi connectivity index (χ0) is 16.7. The van der Waals surface area contributed by atoms with Gasteiger partial charge in [-0.1, -0.05) is 58.5 Å². The monoisotopic (exact) mass is 319 g/mol. The van der Waals surface area contributed by atoms with Crippen LogP contribution in [0.15, 0.2) is 23.7 Å². The molecule has 1 unspecified atom stereocenters. The second-order valence-corrected chi connectivity index (χ2v) is 8.04. The molecular weight excluding hydrogens is 294 g/mol. The van der Waals surface area contributed by atoms with E-state index in [4.69, 9.17) is 0 Å². The molecule has 1 amide bonds. The highest BCUT2D eigenvalue weighted by atomic mass is 32.2. The third-order valence-electron chi connectivity index (χ3n) is 4.02. The van der Waals surface area contributed by atoms with Gasteiger partial charge in [-0.3, -0.25) is 4.79 Å². The summed E-state index contributed by atoms with van der Waals surface area (Å²) in [6.45, 7) is 12.3. The maximum absolute atomic E-state index is 12.4. The summed E-state index contributed by atoms with van der Waals surface area (Å²) in [6.07, 6.45) is 1.77. The van der Waals surface area contributed by atoms with Crippen LogP contribution in [0.25, 0.3) is 0 Å². The SMILES string of the molecule is C=C1SC(c2cc(CCC)c(O)c(C(C)(C)C)c2)C(=O)N1C. The van der Waals surface area contributed by atoms with Crippen LogP contribution < -0.4 is 0 Å². The Morgan fingerprint density at radius 2 is 2.00 bits per heavy atom. The number of aryl methyl sites for hydroxylation is 1. The van der Waals surface area contributed by atoms with Gasteiger partial charge in [0.1, 0.15) is 11.0 Å². The van der Waals surface area contributed by atoms with Gasteiger partial charge in [0.25, 0.3) is 0 Å². The summed E-state index contributed by atoms with van der Waals surface area (Å²) in [5.41, 5.74) is 2.63. The normalized spacial score (nSPS) is 19.1. The first kappa shape index (κ1) is 16.9. The molecule has 1 fully saturated rings. The molecule has 0 aromatic heterocycles. The van der Waals surface area contributed by atoms with Crippen LogP contribution in [-0.2, 0) is 16.6 Å². The van der Waals surface area contributed by atoms with Gasteiger partial charge in [0, 0.05) is 7.05 Å². The molecule has 4 heteroatoms. The summed E-state index contributed by atoms with van der Waals surface area (Å²) in [6, 6.07) is 3.96. The lowest BCUT2D eigenvalue weighted by Gasteiger charge is -2.24. The topological polar surface area (TPSA) is 40.5 Å². The lowest BCUT2D eigenvalue weighted by molar-refractivity contribution is -0.126. The van der Waals surface area contributed by atoms with Crippen molar-refractivity contribution in [3.05, 3.63) is 40.4 Å². The molecular formula is C18H25NO2S. The second kappa shape index (κ2) is 5.99. The van der Waals surface area contributed by atoms with Crippen LogP contribution in [0.4, 0.5) is 0 Å². The highest BCUT2D eigenvalue weighted by Gasteiger charge is 2.35. The largest absolute Gasteiger partial charge is 0.507 e. The van der Waals surface area contributed by atoms with Crippen LogP contribution in [0.1, 0.15) is 56.1 Å². The van der Waals surface area contributed by atoms with Crippen molar-refractivity contribution in [2.75, 3.05) is 7.05 Å². The lowest BCUT2D eigenvalue weighted by Crippen LogP contribution is -2.21. The predicted molar refractivity (Wildman–Crippen MR) is 93.0 cm³/mol. The van der Waals surface area contributed by atoms with E-state index in [2.05, 4.69) is 34.3 Å². The molecule has 1 aromatic carbocycles. The van der Waals surface area contributed by atoms with Crippen molar-refractivity contribution in [2.24, 2.45) is 0 Å². The van der Waals surface area contributed by atoms with Crippen molar-refractivity contribution in [2.45, 2.75) is 51.2 Å². The molecule has 120 valence electrons. The third-order valence-corrected chi connectivity index (χ3v) is 5.28. The Balaban J connectivity index is 2.55. The number of phenolic OH excluding ortho intramolecular Hbond substituents is 1. The molecule has 1 saturated heterocycles.